The molecule has 3 heterocycles. The Kier molecular flexibility index (Phi) is 4.75. The molecule has 9 heteroatoms. The van der Waals surface area contributed by atoms with Gasteiger partial charge in [-0.3, -0.25) is 14.8 Å². The molecule has 0 radical (unpaired) electrons. The van der Waals surface area contributed by atoms with Gasteiger partial charge in [0.25, 0.3) is 5.91 Å². The SMILES string of the molecule is Cc1c(C)n(-c2cccc(Cl)c2)c2ncnc(N/N=C3\C(=O)Nc4ccc(Br)cc43)c12. The fourth-order valence-corrected chi connectivity index (χ4v) is 4.31. The van der Waals surface area contributed by atoms with Crippen LogP contribution in [0.4, 0.5) is 11.5 Å². The molecule has 31 heavy (non-hydrogen) atoms. The number of halogens is 2. The molecule has 2 aromatic heterocycles. The average molecular weight is 496 g/mol. The highest BCUT2D eigenvalue weighted by atomic mass is 79.9. The molecule has 0 bridgehead atoms. The van der Waals surface area contributed by atoms with Crippen LogP contribution < -0.4 is 10.7 Å². The van der Waals surface area contributed by atoms with E-state index in [1.165, 1.54) is 6.33 Å². The van der Waals surface area contributed by atoms with Crippen LogP contribution in [0.1, 0.15) is 16.8 Å². The Morgan fingerprint density at radius 1 is 1.16 bits per heavy atom. The molecule has 4 aromatic rings. The van der Waals surface area contributed by atoms with Gasteiger partial charge in [-0.25, -0.2) is 9.97 Å². The van der Waals surface area contributed by atoms with Crippen LogP contribution in [0.15, 0.2) is 58.4 Å². The second kappa shape index (κ2) is 7.47. The first-order valence-corrected chi connectivity index (χ1v) is 10.6. The molecule has 2 N–H and O–H groups in total. The molecule has 0 saturated carbocycles. The first kappa shape index (κ1) is 19.7. The molecule has 0 aliphatic carbocycles. The number of aryl methyl sites for hydroxylation is 1. The largest absolute Gasteiger partial charge is 0.320 e. The second-order valence-electron chi connectivity index (χ2n) is 7.16. The monoisotopic (exact) mass is 494 g/mol. The van der Waals surface area contributed by atoms with E-state index in [1.807, 2.05) is 60.9 Å². The van der Waals surface area contributed by atoms with Crippen molar-refractivity contribution in [1.82, 2.24) is 14.5 Å². The zero-order chi connectivity index (χ0) is 21.7. The maximum Gasteiger partial charge on any atom is 0.276 e. The highest BCUT2D eigenvalue weighted by Gasteiger charge is 2.26. The number of hydrazone groups is 1. The normalized spacial score (nSPS) is 14.2. The Balaban J connectivity index is 1.62. The van der Waals surface area contributed by atoms with E-state index in [0.717, 1.165) is 43.7 Å². The van der Waals surface area contributed by atoms with Crippen molar-refractivity contribution < 1.29 is 4.79 Å². The summed E-state index contributed by atoms with van der Waals surface area (Å²) in [6, 6.07) is 13.2. The Bertz CT molecular complexity index is 1410. The van der Waals surface area contributed by atoms with E-state index in [0.29, 0.717) is 16.6 Å². The highest BCUT2D eigenvalue weighted by Crippen LogP contribution is 2.32. The number of amides is 1. The number of rotatable bonds is 3. The van der Waals surface area contributed by atoms with Gasteiger partial charge < -0.3 is 5.32 Å². The number of fused-ring (bicyclic) bond motifs is 2. The lowest BCUT2D eigenvalue weighted by atomic mass is 10.1. The van der Waals surface area contributed by atoms with Crippen LogP contribution in [-0.2, 0) is 4.79 Å². The molecule has 0 spiro atoms. The first-order valence-electron chi connectivity index (χ1n) is 9.47. The number of carbonyl (C=O) groups excluding carboxylic acids is 1. The Hall–Kier alpha value is -3.23. The van der Waals surface area contributed by atoms with Crippen LogP contribution in [0.2, 0.25) is 5.02 Å². The lowest BCUT2D eigenvalue weighted by Crippen LogP contribution is -2.16. The predicted molar refractivity (Wildman–Crippen MR) is 126 cm³/mol. The van der Waals surface area contributed by atoms with E-state index < -0.39 is 0 Å². The van der Waals surface area contributed by atoms with Gasteiger partial charge in [-0.05, 0) is 55.8 Å². The first-order chi connectivity index (χ1) is 14.9. The minimum atomic E-state index is -0.268. The summed E-state index contributed by atoms with van der Waals surface area (Å²) in [7, 11) is 0. The van der Waals surface area contributed by atoms with Gasteiger partial charge in [0.1, 0.15) is 6.33 Å². The van der Waals surface area contributed by atoms with Crippen LogP contribution in [0, 0.1) is 13.8 Å². The highest BCUT2D eigenvalue weighted by molar-refractivity contribution is 9.10. The summed E-state index contributed by atoms with van der Waals surface area (Å²) in [5, 5.41) is 8.68. The van der Waals surface area contributed by atoms with Gasteiger partial charge in [0.05, 0.1) is 11.1 Å². The molecule has 0 unspecified atom stereocenters. The Morgan fingerprint density at radius 3 is 2.81 bits per heavy atom. The van der Waals surface area contributed by atoms with Gasteiger partial charge in [0, 0.05) is 26.4 Å². The quantitative estimate of drug-likeness (QED) is 0.382. The summed E-state index contributed by atoms with van der Waals surface area (Å²) < 4.78 is 2.90. The topological polar surface area (TPSA) is 84.2 Å². The van der Waals surface area contributed by atoms with E-state index in [-0.39, 0.29) is 5.91 Å². The molecule has 1 aliphatic heterocycles. The van der Waals surface area contributed by atoms with E-state index in [9.17, 15) is 4.79 Å². The lowest BCUT2D eigenvalue weighted by Gasteiger charge is -2.08. The van der Waals surface area contributed by atoms with Crippen LogP contribution >= 0.6 is 27.5 Å². The third kappa shape index (κ3) is 3.28. The van der Waals surface area contributed by atoms with Crippen molar-refractivity contribution in [3.8, 4) is 5.69 Å². The number of hydrogen-bond donors (Lipinski definition) is 2. The summed E-state index contributed by atoms with van der Waals surface area (Å²) in [5.74, 6) is 0.255. The molecule has 0 atom stereocenters. The van der Waals surface area contributed by atoms with Crippen LogP contribution in [0.3, 0.4) is 0 Å². The molecule has 154 valence electrons. The zero-order valence-corrected chi connectivity index (χ0v) is 18.9. The van der Waals surface area contributed by atoms with Gasteiger partial charge in [-0.2, -0.15) is 5.10 Å². The molecular weight excluding hydrogens is 480 g/mol. The standard InChI is InChI=1S/C22H16BrClN6O/c1-11-12(2)30(15-5-3-4-14(24)9-15)21-18(11)20(25-10-26-21)29-28-19-16-8-13(23)6-7-17(16)27-22(19)31/h3-10H,1-2H3,(H,25,26,29)(H,27,28,31). The molecule has 0 saturated heterocycles. The Morgan fingerprint density at radius 2 is 2.00 bits per heavy atom. The number of anilines is 2. The molecule has 5 rings (SSSR count). The number of hydrogen-bond acceptors (Lipinski definition) is 5. The summed E-state index contributed by atoms with van der Waals surface area (Å²) in [5.41, 5.74) is 8.40. The van der Waals surface area contributed by atoms with Crippen molar-refractivity contribution in [2.75, 3.05) is 10.7 Å². The third-order valence-corrected chi connectivity index (χ3v) is 6.06. The predicted octanol–water partition coefficient (Wildman–Crippen LogP) is 5.22. The maximum absolute atomic E-state index is 12.4. The van der Waals surface area contributed by atoms with Crippen molar-refractivity contribution in [2.45, 2.75) is 13.8 Å². The van der Waals surface area contributed by atoms with Crippen LogP contribution in [0.5, 0.6) is 0 Å². The molecule has 2 aromatic carbocycles. The molecule has 0 fully saturated rings. The molecule has 1 amide bonds. The van der Waals surface area contributed by atoms with E-state index in [4.69, 9.17) is 11.6 Å². The van der Waals surface area contributed by atoms with Crippen LogP contribution in [0.25, 0.3) is 16.7 Å². The summed E-state index contributed by atoms with van der Waals surface area (Å²) in [4.78, 5) is 21.3. The molecule has 1 aliphatic rings. The summed E-state index contributed by atoms with van der Waals surface area (Å²) in [6.07, 6.45) is 1.48. The maximum atomic E-state index is 12.4. The zero-order valence-electron chi connectivity index (χ0n) is 16.6. The summed E-state index contributed by atoms with van der Waals surface area (Å²) in [6.45, 7) is 4.03. The van der Waals surface area contributed by atoms with E-state index in [1.54, 1.807) is 0 Å². The van der Waals surface area contributed by atoms with Gasteiger partial charge in [-0.15, -0.1) is 0 Å². The average Bonchev–Trinajstić information content (AvgIpc) is 3.19. The van der Waals surface area contributed by atoms with Gasteiger partial charge in [0.15, 0.2) is 17.2 Å². The van der Waals surface area contributed by atoms with Crippen molar-refractivity contribution in [1.29, 1.82) is 0 Å². The smallest absolute Gasteiger partial charge is 0.276 e. The minimum absolute atomic E-state index is 0.268. The lowest BCUT2D eigenvalue weighted by molar-refractivity contribution is -0.110. The number of aromatic nitrogens is 3. The van der Waals surface area contributed by atoms with Crippen LogP contribution in [-0.4, -0.2) is 26.2 Å². The fourth-order valence-electron chi connectivity index (χ4n) is 3.76. The molecular formula is C22H16BrClN6O. The number of nitrogens with zero attached hydrogens (tertiary/aromatic N) is 4. The van der Waals surface area contributed by atoms with Crippen molar-refractivity contribution in [3.63, 3.8) is 0 Å². The van der Waals surface area contributed by atoms with E-state index in [2.05, 4.69) is 41.7 Å². The number of carbonyl (C=O) groups is 1. The fraction of sp³-hybridized carbons (Fsp3) is 0.0909. The van der Waals surface area contributed by atoms with Gasteiger partial charge in [-0.1, -0.05) is 33.6 Å². The third-order valence-electron chi connectivity index (χ3n) is 5.33. The second-order valence-corrected chi connectivity index (χ2v) is 8.51. The van der Waals surface area contributed by atoms with Crippen molar-refractivity contribution in [3.05, 3.63) is 75.1 Å². The minimum Gasteiger partial charge on any atom is -0.320 e. The van der Waals surface area contributed by atoms with Crippen molar-refractivity contribution in [2.24, 2.45) is 5.10 Å². The number of benzene rings is 2. The van der Waals surface area contributed by atoms with Gasteiger partial charge in [0.2, 0.25) is 0 Å². The van der Waals surface area contributed by atoms with E-state index >= 15 is 0 Å². The summed E-state index contributed by atoms with van der Waals surface area (Å²) >= 11 is 9.65. The molecule has 7 nitrogen and oxygen atoms in total. The van der Waals surface area contributed by atoms with Crippen molar-refractivity contribution >= 4 is 61.7 Å². The van der Waals surface area contributed by atoms with Gasteiger partial charge >= 0.3 is 0 Å². The number of nitrogens with one attached hydrogen (secondary N) is 2. The Labute approximate surface area is 191 Å².